The van der Waals surface area contributed by atoms with E-state index in [0.29, 0.717) is 11.3 Å². The van der Waals surface area contributed by atoms with Crippen molar-refractivity contribution in [1.82, 2.24) is 10.3 Å². The molecule has 5 nitrogen and oxygen atoms in total. The van der Waals surface area contributed by atoms with Crippen molar-refractivity contribution in [3.63, 3.8) is 0 Å². The maximum Gasteiger partial charge on any atom is 0.226 e. The Balaban J connectivity index is 1.84. The lowest BCUT2D eigenvalue weighted by Gasteiger charge is -2.10. The zero-order chi connectivity index (χ0) is 18.2. The molecule has 0 spiro atoms. The second kappa shape index (κ2) is 9.58. The fourth-order valence-corrected chi connectivity index (χ4v) is 3.75. The number of aromatic nitrogens is 1. The Labute approximate surface area is 156 Å². The van der Waals surface area contributed by atoms with Crippen LogP contribution in [0, 0.1) is 0 Å². The molecule has 0 saturated heterocycles. The Hall–Kier alpha value is -1.86. The summed E-state index contributed by atoms with van der Waals surface area (Å²) in [5.41, 5.74) is 1.39. The van der Waals surface area contributed by atoms with Crippen LogP contribution in [0.4, 0.5) is 0 Å². The lowest BCUT2D eigenvalue weighted by molar-refractivity contribution is -0.121. The van der Waals surface area contributed by atoms with E-state index in [1.54, 1.807) is 31.4 Å². The minimum absolute atomic E-state index is 0.0227. The molecule has 25 heavy (non-hydrogen) atoms. The van der Waals surface area contributed by atoms with E-state index in [9.17, 15) is 9.59 Å². The second-order valence-corrected chi connectivity index (χ2v) is 7.68. The van der Waals surface area contributed by atoms with E-state index in [1.165, 1.54) is 23.1 Å². The lowest BCUT2D eigenvalue weighted by Crippen LogP contribution is -2.33. The minimum atomic E-state index is -0.0227. The number of thiazole rings is 1. The SMILES string of the molecule is CCC(C)NC(=O)Cc1csc(SCC(=O)c2ccc(OC)cc2)n1. The van der Waals surface area contributed by atoms with Gasteiger partial charge in [0.2, 0.25) is 5.91 Å². The van der Waals surface area contributed by atoms with Crippen molar-refractivity contribution in [3.05, 3.63) is 40.9 Å². The van der Waals surface area contributed by atoms with Gasteiger partial charge in [0.25, 0.3) is 0 Å². The molecule has 0 fully saturated rings. The molecule has 1 aromatic heterocycles. The normalized spacial score (nSPS) is 11.8. The van der Waals surface area contributed by atoms with Crippen LogP contribution in [0.3, 0.4) is 0 Å². The second-order valence-electron chi connectivity index (χ2n) is 5.60. The maximum atomic E-state index is 12.2. The molecule has 0 aliphatic rings. The standard InChI is InChI=1S/C18H22N2O3S2/c1-4-12(2)19-17(22)9-14-10-24-18(20-14)25-11-16(21)13-5-7-15(23-3)8-6-13/h5-8,10,12H,4,9,11H2,1-3H3,(H,19,22). The van der Waals surface area contributed by atoms with Crippen LogP contribution in [0.5, 0.6) is 5.75 Å². The Morgan fingerprint density at radius 3 is 2.68 bits per heavy atom. The molecule has 0 aliphatic heterocycles. The molecule has 1 heterocycles. The van der Waals surface area contributed by atoms with Crippen LogP contribution in [0.25, 0.3) is 0 Å². The number of carbonyl (C=O) groups is 2. The summed E-state index contributed by atoms with van der Waals surface area (Å²) in [5.74, 6) is 1.06. The largest absolute Gasteiger partial charge is 0.497 e. The van der Waals surface area contributed by atoms with E-state index >= 15 is 0 Å². The summed E-state index contributed by atoms with van der Waals surface area (Å²) in [6.45, 7) is 4.01. The number of nitrogens with one attached hydrogen (secondary N) is 1. The molecule has 0 saturated carbocycles. The third-order valence-corrected chi connectivity index (χ3v) is 5.70. The number of benzene rings is 1. The van der Waals surface area contributed by atoms with E-state index in [-0.39, 0.29) is 24.2 Å². The van der Waals surface area contributed by atoms with Gasteiger partial charge < -0.3 is 10.1 Å². The molecule has 1 unspecified atom stereocenters. The zero-order valence-electron chi connectivity index (χ0n) is 14.6. The van der Waals surface area contributed by atoms with Crippen LogP contribution in [-0.2, 0) is 11.2 Å². The number of methoxy groups -OCH3 is 1. The Kier molecular flexibility index (Phi) is 7.46. The third-order valence-electron chi connectivity index (χ3n) is 3.63. The fourth-order valence-electron chi connectivity index (χ4n) is 2.02. The lowest BCUT2D eigenvalue weighted by atomic mass is 10.1. The average Bonchev–Trinajstić information content (AvgIpc) is 3.06. The Morgan fingerprint density at radius 1 is 1.32 bits per heavy atom. The molecule has 1 amide bonds. The van der Waals surface area contributed by atoms with E-state index in [4.69, 9.17) is 4.74 Å². The first kappa shape index (κ1) is 19.5. The highest BCUT2D eigenvalue weighted by Gasteiger charge is 2.12. The first-order valence-corrected chi connectivity index (χ1v) is 9.92. The van der Waals surface area contributed by atoms with Gasteiger partial charge in [-0.15, -0.1) is 11.3 Å². The third kappa shape index (κ3) is 6.17. The average molecular weight is 379 g/mol. The van der Waals surface area contributed by atoms with E-state index < -0.39 is 0 Å². The molecule has 1 atom stereocenters. The Morgan fingerprint density at radius 2 is 2.04 bits per heavy atom. The first-order valence-electron chi connectivity index (χ1n) is 8.05. The van der Waals surface area contributed by atoms with Gasteiger partial charge in [0.1, 0.15) is 5.75 Å². The first-order chi connectivity index (χ1) is 12.0. The maximum absolute atomic E-state index is 12.2. The molecule has 2 aromatic rings. The van der Waals surface area contributed by atoms with Crippen molar-refractivity contribution in [2.75, 3.05) is 12.9 Å². The topological polar surface area (TPSA) is 68.3 Å². The van der Waals surface area contributed by atoms with Gasteiger partial charge in [-0.05, 0) is 37.6 Å². The molecule has 0 radical (unpaired) electrons. The number of hydrogen-bond acceptors (Lipinski definition) is 6. The quantitative estimate of drug-likeness (QED) is 0.533. The highest BCUT2D eigenvalue weighted by atomic mass is 32.2. The summed E-state index contributed by atoms with van der Waals surface area (Å²) in [6.07, 6.45) is 1.17. The number of nitrogens with zero attached hydrogens (tertiary/aromatic N) is 1. The monoisotopic (exact) mass is 378 g/mol. The van der Waals surface area contributed by atoms with Crippen LogP contribution in [0.1, 0.15) is 36.3 Å². The van der Waals surface area contributed by atoms with Crippen LogP contribution in [-0.4, -0.2) is 35.6 Å². The number of amides is 1. The van der Waals surface area contributed by atoms with Gasteiger partial charge >= 0.3 is 0 Å². The molecule has 2 rings (SSSR count). The van der Waals surface area contributed by atoms with Crippen LogP contribution in [0.15, 0.2) is 34.0 Å². The van der Waals surface area contributed by atoms with Crippen molar-refractivity contribution in [1.29, 1.82) is 0 Å². The number of hydrogen-bond donors (Lipinski definition) is 1. The van der Waals surface area contributed by atoms with Gasteiger partial charge in [-0.3, -0.25) is 9.59 Å². The summed E-state index contributed by atoms with van der Waals surface area (Å²) in [4.78, 5) is 28.5. The Bertz CT molecular complexity index is 713. The van der Waals surface area contributed by atoms with Crippen LogP contribution < -0.4 is 10.1 Å². The molecule has 0 bridgehead atoms. The molecule has 0 aliphatic carbocycles. The summed E-state index contributed by atoms with van der Waals surface area (Å²) in [5, 5.41) is 4.79. The highest BCUT2D eigenvalue weighted by molar-refractivity contribution is 8.01. The van der Waals surface area contributed by atoms with Gasteiger partial charge in [0.05, 0.1) is 25.0 Å². The van der Waals surface area contributed by atoms with Crippen molar-refractivity contribution in [3.8, 4) is 5.75 Å². The van der Waals surface area contributed by atoms with Gasteiger partial charge in [0.15, 0.2) is 10.1 Å². The number of thioether (sulfide) groups is 1. The van der Waals surface area contributed by atoms with Crippen molar-refractivity contribution >= 4 is 34.8 Å². The zero-order valence-corrected chi connectivity index (χ0v) is 16.2. The summed E-state index contributed by atoms with van der Waals surface area (Å²) in [7, 11) is 1.59. The smallest absolute Gasteiger partial charge is 0.226 e. The molecular weight excluding hydrogens is 356 g/mol. The predicted octanol–water partition coefficient (Wildman–Crippen LogP) is 3.58. The van der Waals surface area contributed by atoms with E-state index in [0.717, 1.165) is 22.2 Å². The minimum Gasteiger partial charge on any atom is -0.497 e. The molecule has 1 N–H and O–H groups in total. The van der Waals surface area contributed by atoms with Crippen molar-refractivity contribution < 1.29 is 14.3 Å². The molecule has 1 aromatic carbocycles. The van der Waals surface area contributed by atoms with E-state index in [2.05, 4.69) is 10.3 Å². The summed E-state index contributed by atoms with van der Waals surface area (Å²) >= 11 is 2.85. The number of ketones is 1. The number of rotatable bonds is 9. The van der Waals surface area contributed by atoms with Gasteiger partial charge in [0, 0.05) is 17.0 Å². The summed E-state index contributed by atoms with van der Waals surface area (Å²) < 4.78 is 5.89. The number of carbonyl (C=O) groups excluding carboxylic acids is 2. The van der Waals surface area contributed by atoms with Gasteiger partial charge in [-0.2, -0.15) is 0 Å². The molecule has 134 valence electrons. The summed E-state index contributed by atoms with van der Waals surface area (Å²) in [6, 6.07) is 7.23. The van der Waals surface area contributed by atoms with Gasteiger partial charge in [-0.25, -0.2) is 4.98 Å². The van der Waals surface area contributed by atoms with E-state index in [1.807, 2.05) is 19.2 Å². The fraction of sp³-hybridized carbons (Fsp3) is 0.389. The number of ether oxygens (including phenoxy) is 1. The molecular formula is C18H22N2O3S2. The highest BCUT2D eigenvalue weighted by Crippen LogP contribution is 2.24. The predicted molar refractivity (Wildman–Crippen MR) is 102 cm³/mol. The van der Waals surface area contributed by atoms with Crippen LogP contribution >= 0.6 is 23.1 Å². The van der Waals surface area contributed by atoms with Gasteiger partial charge in [-0.1, -0.05) is 18.7 Å². The molecule has 7 heteroatoms. The number of Topliss-reactive ketones (excluding diaryl/α,β-unsaturated/α-hetero) is 1. The van der Waals surface area contributed by atoms with Crippen LogP contribution in [0.2, 0.25) is 0 Å². The van der Waals surface area contributed by atoms with Crippen molar-refractivity contribution in [2.45, 2.75) is 37.1 Å². The van der Waals surface area contributed by atoms with Crippen molar-refractivity contribution in [2.24, 2.45) is 0 Å².